The van der Waals surface area contributed by atoms with E-state index in [1.54, 1.807) is 29.2 Å². The van der Waals surface area contributed by atoms with E-state index in [-0.39, 0.29) is 18.6 Å². The van der Waals surface area contributed by atoms with Gasteiger partial charge in [0.2, 0.25) is 0 Å². The Morgan fingerprint density at radius 2 is 1.96 bits per heavy atom. The van der Waals surface area contributed by atoms with Crippen molar-refractivity contribution in [3.8, 4) is 23.3 Å². The van der Waals surface area contributed by atoms with E-state index in [4.69, 9.17) is 19.5 Å². The first-order chi connectivity index (χ1) is 12.7. The van der Waals surface area contributed by atoms with Crippen LogP contribution in [0.15, 0.2) is 48.5 Å². The van der Waals surface area contributed by atoms with Crippen molar-refractivity contribution < 1.29 is 19.0 Å². The zero-order chi connectivity index (χ0) is 18.4. The number of ether oxygens (including phenoxy) is 3. The summed E-state index contributed by atoms with van der Waals surface area (Å²) in [5.74, 6) is 1.65. The lowest BCUT2D eigenvalue weighted by atomic mass is 10.2. The van der Waals surface area contributed by atoms with Gasteiger partial charge in [-0.25, -0.2) is 0 Å². The Morgan fingerprint density at radius 3 is 2.73 bits per heavy atom. The smallest absolute Gasteiger partial charge is 0.260 e. The number of hydrogen-bond donors (Lipinski definition) is 0. The Morgan fingerprint density at radius 1 is 1.23 bits per heavy atom. The van der Waals surface area contributed by atoms with Crippen LogP contribution in [0.2, 0.25) is 0 Å². The van der Waals surface area contributed by atoms with Crippen molar-refractivity contribution in [2.45, 2.75) is 13.0 Å². The zero-order valence-electron chi connectivity index (χ0n) is 14.6. The number of fused-ring (bicyclic) bond motifs is 1. The summed E-state index contributed by atoms with van der Waals surface area (Å²) in [6.07, 6.45) is -0.236. The SMILES string of the molecule is CCN(CC1COc2ccccc2O1)C(=O)COc1ccccc1C#N. The maximum absolute atomic E-state index is 12.5. The summed E-state index contributed by atoms with van der Waals surface area (Å²) in [4.78, 5) is 14.2. The minimum Gasteiger partial charge on any atom is -0.486 e. The maximum atomic E-state index is 12.5. The van der Waals surface area contributed by atoms with Gasteiger partial charge in [0.1, 0.15) is 18.4 Å². The molecule has 26 heavy (non-hydrogen) atoms. The standard InChI is InChI=1S/C20H20N2O4/c1-2-22(12-16-13-24-18-9-5-6-10-19(18)26-16)20(23)14-25-17-8-4-3-7-15(17)11-21/h3-10,16H,2,12-14H2,1H3. The minimum atomic E-state index is -0.236. The number of amides is 1. The predicted octanol–water partition coefficient (Wildman–Crippen LogP) is 2.63. The van der Waals surface area contributed by atoms with Crippen LogP contribution in [0.1, 0.15) is 12.5 Å². The second-order valence-corrected chi connectivity index (χ2v) is 5.83. The number of nitriles is 1. The molecule has 0 spiro atoms. The molecule has 0 fully saturated rings. The lowest BCUT2D eigenvalue weighted by Gasteiger charge is -2.30. The third kappa shape index (κ3) is 4.06. The van der Waals surface area contributed by atoms with E-state index in [0.29, 0.717) is 36.8 Å². The van der Waals surface area contributed by atoms with Gasteiger partial charge in [-0.3, -0.25) is 4.79 Å². The molecule has 0 radical (unpaired) electrons. The zero-order valence-corrected chi connectivity index (χ0v) is 14.6. The van der Waals surface area contributed by atoms with Crippen LogP contribution >= 0.6 is 0 Å². The summed E-state index contributed by atoms with van der Waals surface area (Å²) in [5, 5.41) is 9.08. The molecule has 0 aromatic heterocycles. The number of likely N-dealkylation sites (N-methyl/N-ethyl adjacent to an activating group) is 1. The fourth-order valence-corrected chi connectivity index (χ4v) is 2.72. The Kier molecular flexibility index (Phi) is 5.59. The molecule has 0 N–H and O–H groups in total. The number of hydrogen-bond acceptors (Lipinski definition) is 5. The van der Waals surface area contributed by atoms with Gasteiger partial charge in [0.25, 0.3) is 5.91 Å². The molecular formula is C20H20N2O4. The van der Waals surface area contributed by atoms with Gasteiger partial charge in [0.15, 0.2) is 24.2 Å². The molecule has 134 valence electrons. The highest BCUT2D eigenvalue weighted by molar-refractivity contribution is 5.77. The molecule has 3 rings (SSSR count). The van der Waals surface area contributed by atoms with Crippen molar-refractivity contribution in [3.05, 3.63) is 54.1 Å². The second kappa shape index (κ2) is 8.26. The van der Waals surface area contributed by atoms with E-state index in [1.165, 1.54) is 0 Å². The molecule has 0 aliphatic carbocycles. The average Bonchev–Trinajstić information content (AvgIpc) is 2.70. The van der Waals surface area contributed by atoms with Crippen LogP contribution in [-0.4, -0.2) is 43.2 Å². The van der Waals surface area contributed by atoms with Crippen LogP contribution in [0, 0.1) is 11.3 Å². The van der Waals surface area contributed by atoms with Crippen LogP contribution in [0.25, 0.3) is 0 Å². The Balaban J connectivity index is 1.57. The Labute approximate surface area is 152 Å². The van der Waals surface area contributed by atoms with E-state index in [9.17, 15) is 4.79 Å². The van der Waals surface area contributed by atoms with Crippen molar-refractivity contribution in [2.24, 2.45) is 0 Å². The van der Waals surface area contributed by atoms with Crippen LogP contribution in [0.5, 0.6) is 17.2 Å². The number of benzene rings is 2. The van der Waals surface area contributed by atoms with Crippen molar-refractivity contribution >= 4 is 5.91 Å². The first kappa shape index (κ1) is 17.6. The predicted molar refractivity (Wildman–Crippen MR) is 95.3 cm³/mol. The number of carbonyl (C=O) groups excluding carboxylic acids is 1. The van der Waals surface area contributed by atoms with E-state index in [2.05, 4.69) is 6.07 Å². The molecule has 1 amide bonds. The molecule has 1 aliphatic rings. The molecule has 0 saturated carbocycles. The third-order valence-corrected chi connectivity index (χ3v) is 4.08. The number of para-hydroxylation sites is 3. The van der Waals surface area contributed by atoms with Crippen LogP contribution < -0.4 is 14.2 Å². The summed E-state index contributed by atoms with van der Waals surface area (Å²) >= 11 is 0. The van der Waals surface area contributed by atoms with E-state index in [0.717, 1.165) is 5.75 Å². The van der Waals surface area contributed by atoms with E-state index >= 15 is 0 Å². The van der Waals surface area contributed by atoms with Crippen LogP contribution in [-0.2, 0) is 4.79 Å². The maximum Gasteiger partial charge on any atom is 0.260 e. The van der Waals surface area contributed by atoms with Crippen molar-refractivity contribution in [1.29, 1.82) is 5.26 Å². The number of rotatable bonds is 6. The lowest BCUT2D eigenvalue weighted by molar-refractivity contribution is -0.134. The van der Waals surface area contributed by atoms with Crippen molar-refractivity contribution in [2.75, 3.05) is 26.3 Å². The fourth-order valence-electron chi connectivity index (χ4n) is 2.72. The van der Waals surface area contributed by atoms with Gasteiger partial charge < -0.3 is 19.1 Å². The van der Waals surface area contributed by atoms with Gasteiger partial charge in [0.05, 0.1) is 12.1 Å². The normalized spacial score (nSPS) is 15.0. The first-order valence-electron chi connectivity index (χ1n) is 8.49. The summed E-state index contributed by atoms with van der Waals surface area (Å²) in [5.41, 5.74) is 0.406. The molecule has 1 aliphatic heterocycles. The molecule has 0 bridgehead atoms. The minimum absolute atomic E-state index is 0.128. The van der Waals surface area contributed by atoms with Gasteiger partial charge in [0, 0.05) is 6.54 Å². The highest BCUT2D eigenvalue weighted by Crippen LogP contribution is 2.31. The monoisotopic (exact) mass is 352 g/mol. The molecule has 2 aromatic rings. The van der Waals surface area contributed by atoms with E-state index < -0.39 is 0 Å². The molecule has 1 unspecified atom stereocenters. The van der Waals surface area contributed by atoms with Gasteiger partial charge in [-0.2, -0.15) is 5.26 Å². The Bertz CT molecular complexity index is 815. The summed E-state index contributed by atoms with van der Waals surface area (Å²) in [6, 6.07) is 16.4. The van der Waals surface area contributed by atoms with Crippen LogP contribution in [0.4, 0.5) is 0 Å². The average molecular weight is 352 g/mol. The summed E-state index contributed by atoms with van der Waals surface area (Å²) in [6.45, 7) is 3.10. The Hall–Kier alpha value is -3.20. The fraction of sp³-hybridized carbons (Fsp3) is 0.300. The van der Waals surface area contributed by atoms with Gasteiger partial charge >= 0.3 is 0 Å². The molecule has 6 nitrogen and oxygen atoms in total. The third-order valence-electron chi connectivity index (χ3n) is 4.08. The number of nitrogens with zero attached hydrogens (tertiary/aromatic N) is 2. The van der Waals surface area contributed by atoms with Crippen molar-refractivity contribution in [3.63, 3.8) is 0 Å². The topological polar surface area (TPSA) is 71.8 Å². The molecule has 6 heteroatoms. The lowest BCUT2D eigenvalue weighted by Crippen LogP contribution is -2.45. The molecular weight excluding hydrogens is 332 g/mol. The number of carbonyl (C=O) groups is 1. The molecule has 2 aromatic carbocycles. The van der Waals surface area contributed by atoms with Gasteiger partial charge in [-0.1, -0.05) is 24.3 Å². The highest BCUT2D eigenvalue weighted by Gasteiger charge is 2.25. The summed E-state index contributed by atoms with van der Waals surface area (Å²) < 4.78 is 17.1. The largest absolute Gasteiger partial charge is 0.486 e. The molecule has 0 saturated heterocycles. The van der Waals surface area contributed by atoms with Gasteiger partial charge in [-0.15, -0.1) is 0 Å². The summed E-state index contributed by atoms with van der Waals surface area (Å²) in [7, 11) is 0. The quantitative estimate of drug-likeness (QED) is 0.799. The molecule has 1 heterocycles. The van der Waals surface area contributed by atoms with Crippen LogP contribution in [0.3, 0.4) is 0 Å². The molecule has 1 atom stereocenters. The van der Waals surface area contributed by atoms with E-state index in [1.807, 2.05) is 31.2 Å². The second-order valence-electron chi connectivity index (χ2n) is 5.83. The highest BCUT2D eigenvalue weighted by atomic mass is 16.6. The first-order valence-corrected chi connectivity index (χ1v) is 8.49. The van der Waals surface area contributed by atoms with Gasteiger partial charge in [-0.05, 0) is 31.2 Å². The van der Waals surface area contributed by atoms with Crippen molar-refractivity contribution in [1.82, 2.24) is 4.90 Å².